The largest absolute Gasteiger partial charge is 0.331 e. The number of urea groups is 1. The molecular weight excluding hydrogens is 370 g/mol. The molecule has 1 aromatic carbocycles. The summed E-state index contributed by atoms with van der Waals surface area (Å²) in [5, 5.41) is 2.10. The zero-order valence-corrected chi connectivity index (χ0v) is 17.5. The summed E-state index contributed by atoms with van der Waals surface area (Å²) in [4.78, 5) is 32.1. The van der Waals surface area contributed by atoms with Crippen molar-refractivity contribution >= 4 is 23.3 Å². The number of hydrogen-bond acceptors (Lipinski definition) is 3. The summed E-state index contributed by atoms with van der Waals surface area (Å²) in [6.45, 7) is 6.85. The third kappa shape index (κ3) is 3.97. The molecule has 1 aromatic heterocycles. The number of thiophene rings is 1. The first kappa shape index (κ1) is 20.1. The first-order chi connectivity index (χ1) is 13.4. The van der Waals surface area contributed by atoms with Crippen molar-refractivity contribution in [3.8, 4) is 0 Å². The molecule has 148 valence electrons. The fourth-order valence-corrected chi connectivity index (χ4v) is 4.62. The molecule has 0 saturated carbocycles. The van der Waals surface area contributed by atoms with Crippen LogP contribution in [0, 0.1) is 6.92 Å². The van der Waals surface area contributed by atoms with E-state index in [0.717, 1.165) is 17.5 Å². The van der Waals surface area contributed by atoms with Gasteiger partial charge in [0, 0.05) is 32.1 Å². The molecule has 6 heteroatoms. The standard InChI is InChI=1S/C22H27N3O2S/c1-5-12-24(22(27)23(3)4)15-20(26)25-13-10-19-18(11-14-28-19)21(25)17-9-7-6-8-16(17)2/h5-9,11,14,21H,1,10,12-13,15H2,2-4H3/t21-/m0/s1. The van der Waals surface area contributed by atoms with E-state index in [1.165, 1.54) is 20.2 Å². The van der Waals surface area contributed by atoms with Gasteiger partial charge in [-0.1, -0.05) is 30.3 Å². The Bertz CT molecular complexity index is 874. The van der Waals surface area contributed by atoms with Gasteiger partial charge in [0.1, 0.15) is 6.54 Å². The molecule has 0 N–H and O–H groups in total. The lowest BCUT2D eigenvalue weighted by atomic mass is 9.90. The van der Waals surface area contributed by atoms with Crippen molar-refractivity contribution in [3.63, 3.8) is 0 Å². The smallest absolute Gasteiger partial charge is 0.320 e. The van der Waals surface area contributed by atoms with Crippen LogP contribution in [0.2, 0.25) is 0 Å². The highest BCUT2D eigenvalue weighted by atomic mass is 32.1. The van der Waals surface area contributed by atoms with Gasteiger partial charge in [-0.15, -0.1) is 17.9 Å². The van der Waals surface area contributed by atoms with Gasteiger partial charge in [-0.05, 0) is 41.5 Å². The molecule has 3 amide bonds. The van der Waals surface area contributed by atoms with Gasteiger partial charge in [-0.2, -0.15) is 0 Å². The summed E-state index contributed by atoms with van der Waals surface area (Å²) < 4.78 is 0. The van der Waals surface area contributed by atoms with Gasteiger partial charge in [0.05, 0.1) is 6.04 Å². The van der Waals surface area contributed by atoms with Crippen molar-refractivity contribution in [3.05, 3.63) is 69.9 Å². The van der Waals surface area contributed by atoms with Crippen molar-refractivity contribution in [1.82, 2.24) is 14.7 Å². The first-order valence-corrected chi connectivity index (χ1v) is 10.3. The highest BCUT2D eigenvalue weighted by Gasteiger charge is 2.34. The molecule has 0 fully saturated rings. The van der Waals surface area contributed by atoms with E-state index in [0.29, 0.717) is 13.1 Å². The predicted molar refractivity (Wildman–Crippen MR) is 114 cm³/mol. The van der Waals surface area contributed by atoms with Crippen LogP contribution in [0.1, 0.15) is 27.6 Å². The third-order valence-corrected chi connectivity index (χ3v) is 6.09. The van der Waals surface area contributed by atoms with Crippen molar-refractivity contribution in [2.45, 2.75) is 19.4 Å². The summed E-state index contributed by atoms with van der Waals surface area (Å²) in [5.74, 6) is -0.0397. The molecular formula is C22H27N3O2S. The molecule has 5 nitrogen and oxygen atoms in total. The second-order valence-electron chi connectivity index (χ2n) is 7.24. The quantitative estimate of drug-likeness (QED) is 0.722. The van der Waals surface area contributed by atoms with Gasteiger partial charge >= 0.3 is 6.03 Å². The molecule has 0 bridgehead atoms. The summed E-state index contributed by atoms with van der Waals surface area (Å²) in [6, 6.07) is 10.0. The molecule has 1 atom stereocenters. The lowest BCUT2D eigenvalue weighted by Crippen LogP contribution is -2.49. The fraction of sp³-hybridized carbons (Fsp3) is 0.364. The number of hydrogen-bond donors (Lipinski definition) is 0. The van der Waals surface area contributed by atoms with E-state index in [2.05, 4.69) is 37.1 Å². The van der Waals surface area contributed by atoms with Gasteiger partial charge < -0.3 is 14.7 Å². The Hall–Kier alpha value is -2.60. The van der Waals surface area contributed by atoms with Crippen LogP contribution in [0.3, 0.4) is 0 Å². The zero-order valence-electron chi connectivity index (χ0n) is 16.7. The van der Waals surface area contributed by atoms with E-state index < -0.39 is 0 Å². The van der Waals surface area contributed by atoms with Crippen LogP contribution in [0.15, 0.2) is 48.4 Å². The number of nitrogens with zero attached hydrogens (tertiary/aromatic N) is 3. The second-order valence-corrected chi connectivity index (χ2v) is 8.24. The SMILES string of the molecule is C=CCN(CC(=O)N1CCc2sccc2[C@@H]1c1ccccc1C)C(=O)N(C)C. The van der Waals surface area contributed by atoms with E-state index >= 15 is 0 Å². The normalized spacial score (nSPS) is 15.7. The lowest BCUT2D eigenvalue weighted by molar-refractivity contribution is -0.133. The Morgan fingerprint density at radius 3 is 2.68 bits per heavy atom. The van der Waals surface area contributed by atoms with E-state index in [4.69, 9.17) is 0 Å². The topological polar surface area (TPSA) is 43.9 Å². The molecule has 0 radical (unpaired) electrons. The van der Waals surface area contributed by atoms with E-state index in [-0.39, 0.29) is 24.5 Å². The summed E-state index contributed by atoms with van der Waals surface area (Å²) >= 11 is 1.75. The number of carbonyl (C=O) groups excluding carboxylic acids is 2. The number of rotatable bonds is 5. The number of carbonyl (C=O) groups is 2. The maximum absolute atomic E-state index is 13.3. The van der Waals surface area contributed by atoms with Crippen LogP contribution < -0.4 is 0 Å². The molecule has 1 aliphatic rings. The average molecular weight is 398 g/mol. The van der Waals surface area contributed by atoms with Crippen LogP contribution in [0.5, 0.6) is 0 Å². The number of amides is 3. The molecule has 0 aliphatic carbocycles. The first-order valence-electron chi connectivity index (χ1n) is 9.42. The molecule has 0 unspecified atom stereocenters. The predicted octanol–water partition coefficient (Wildman–Crippen LogP) is 3.70. The maximum atomic E-state index is 13.3. The molecule has 3 rings (SSSR count). The van der Waals surface area contributed by atoms with Crippen LogP contribution >= 0.6 is 11.3 Å². The van der Waals surface area contributed by atoms with Crippen LogP contribution in [-0.2, 0) is 11.2 Å². The van der Waals surface area contributed by atoms with Crippen LogP contribution in [0.4, 0.5) is 4.79 Å². The Balaban J connectivity index is 1.93. The molecule has 0 saturated heterocycles. The van der Waals surface area contributed by atoms with E-state index in [9.17, 15) is 9.59 Å². The number of benzene rings is 1. The van der Waals surface area contributed by atoms with Crippen molar-refractivity contribution < 1.29 is 9.59 Å². The average Bonchev–Trinajstić information content (AvgIpc) is 3.15. The van der Waals surface area contributed by atoms with Gasteiger partial charge in [0.15, 0.2) is 0 Å². The molecule has 28 heavy (non-hydrogen) atoms. The lowest BCUT2D eigenvalue weighted by Gasteiger charge is -2.38. The summed E-state index contributed by atoms with van der Waals surface area (Å²) in [6.07, 6.45) is 2.50. The Morgan fingerprint density at radius 1 is 1.25 bits per heavy atom. The van der Waals surface area contributed by atoms with Gasteiger partial charge in [-0.25, -0.2) is 4.79 Å². The highest BCUT2D eigenvalue weighted by Crippen LogP contribution is 2.38. The minimum Gasteiger partial charge on any atom is -0.331 e. The van der Waals surface area contributed by atoms with Crippen molar-refractivity contribution in [2.75, 3.05) is 33.7 Å². The Morgan fingerprint density at radius 2 is 2.00 bits per heavy atom. The maximum Gasteiger partial charge on any atom is 0.320 e. The van der Waals surface area contributed by atoms with Crippen LogP contribution in [0.25, 0.3) is 0 Å². The fourth-order valence-electron chi connectivity index (χ4n) is 3.72. The minimum atomic E-state index is -0.186. The molecule has 0 spiro atoms. The van der Waals surface area contributed by atoms with Crippen molar-refractivity contribution in [1.29, 1.82) is 0 Å². The molecule has 2 heterocycles. The molecule has 2 aromatic rings. The van der Waals surface area contributed by atoms with E-state index in [1.54, 1.807) is 31.5 Å². The number of aryl methyl sites for hydroxylation is 1. The van der Waals surface area contributed by atoms with Crippen LogP contribution in [-0.4, -0.2) is 60.4 Å². The highest BCUT2D eigenvalue weighted by molar-refractivity contribution is 7.10. The number of fused-ring (bicyclic) bond motifs is 1. The van der Waals surface area contributed by atoms with Gasteiger partial charge in [0.2, 0.25) is 5.91 Å². The molecule has 1 aliphatic heterocycles. The van der Waals surface area contributed by atoms with Gasteiger partial charge in [-0.3, -0.25) is 4.79 Å². The summed E-state index contributed by atoms with van der Waals surface area (Å²) in [5.41, 5.74) is 3.51. The zero-order chi connectivity index (χ0) is 20.3. The second kappa shape index (κ2) is 8.61. The van der Waals surface area contributed by atoms with E-state index in [1.807, 2.05) is 17.0 Å². The summed E-state index contributed by atoms with van der Waals surface area (Å²) in [7, 11) is 3.38. The Labute approximate surface area is 170 Å². The third-order valence-electron chi connectivity index (χ3n) is 5.10. The van der Waals surface area contributed by atoms with Crippen molar-refractivity contribution in [2.24, 2.45) is 0 Å². The Kier molecular flexibility index (Phi) is 6.19. The van der Waals surface area contributed by atoms with Gasteiger partial charge in [0.25, 0.3) is 0 Å². The minimum absolute atomic E-state index is 0.0397. The monoisotopic (exact) mass is 397 g/mol.